The van der Waals surface area contributed by atoms with Crippen LogP contribution in [-0.2, 0) is 21.2 Å². The van der Waals surface area contributed by atoms with E-state index >= 15 is 0 Å². The summed E-state index contributed by atoms with van der Waals surface area (Å²) in [6, 6.07) is 16.0. The van der Waals surface area contributed by atoms with Crippen LogP contribution in [0.2, 0.25) is 0 Å². The Hall–Kier alpha value is -3.56. The summed E-state index contributed by atoms with van der Waals surface area (Å²) in [5, 5.41) is 12.6. The monoisotopic (exact) mass is 565 g/mol. The maximum atomic E-state index is 11.5. The minimum atomic E-state index is -2.98. The van der Waals surface area contributed by atoms with Crippen LogP contribution in [0.25, 0.3) is 11.1 Å². The van der Waals surface area contributed by atoms with Crippen LogP contribution < -0.4 is 19.5 Å². The first-order valence-corrected chi connectivity index (χ1v) is 15.5. The van der Waals surface area contributed by atoms with Gasteiger partial charge in [0.2, 0.25) is 0 Å². The van der Waals surface area contributed by atoms with Gasteiger partial charge in [-0.15, -0.1) is 0 Å². The van der Waals surface area contributed by atoms with E-state index in [0.717, 1.165) is 44.7 Å². The lowest BCUT2D eigenvalue weighted by atomic mass is 9.89. The van der Waals surface area contributed by atoms with Gasteiger partial charge in [0.05, 0.1) is 24.8 Å². The molecule has 40 heavy (non-hydrogen) atoms. The topological polar surface area (TPSA) is 111 Å². The molecule has 2 atom stereocenters. The zero-order valence-electron chi connectivity index (χ0n) is 23.0. The van der Waals surface area contributed by atoms with Crippen molar-refractivity contribution in [2.45, 2.75) is 45.3 Å². The Morgan fingerprint density at radius 2 is 1.88 bits per heavy atom. The largest absolute Gasteiger partial charge is 0.492 e. The fourth-order valence-electron chi connectivity index (χ4n) is 5.70. The number of nitrogens with one attached hydrogen (secondary N) is 1. The standard InChI is InChI=1S/C31H35NO7S/c1-19-12-28-31(26(18-39-28)32-10-5-11-40(3,35)36)20(2)30(19)22-7-4-6-21(13-22)16-37-24-8-9-25-23(14-29(33)34)17-38-27(25)15-24/h4,6-9,12-13,15,23,26,32H,5,10-11,14,16-18H2,1-3H3,(H,33,34). The number of aliphatic carboxylic acids is 1. The average molecular weight is 566 g/mol. The molecule has 3 aromatic rings. The predicted molar refractivity (Wildman–Crippen MR) is 153 cm³/mol. The van der Waals surface area contributed by atoms with Crippen molar-refractivity contribution in [3.05, 3.63) is 76.3 Å². The molecule has 2 N–H and O–H groups in total. The van der Waals surface area contributed by atoms with Crippen LogP contribution in [0.15, 0.2) is 48.5 Å². The highest BCUT2D eigenvalue weighted by Crippen LogP contribution is 2.42. The quantitative estimate of drug-likeness (QED) is 0.314. The van der Waals surface area contributed by atoms with Gasteiger partial charge in [-0.2, -0.15) is 0 Å². The Morgan fingerprint density at radius 3 is 2.65 bits per heavy atom. The van der Waals surface area contributed by atoms with Crippen molar-refractivity contribution in [1.82, 2.24) is 5.32 Å². The number of rotatable bonds is 11. The number of ether oxygens (including phenoxy) is 3. The Kier molecular flexibility index (Phi) is 8.05. The van der Waals surface area contributed by atoms with Gasteiger partial charge >= 0.3 is 5.97 Å². The lowest BCUT2D eigenvalue weighted by molar-refractivity contribution is -0.137. The van der Waals surface area contributed by atoms with Crippen LogP contribution >= 0.6 is 0 Å². The molecule has 2 aliphatic rings. The number of carboxylic acid groups (broad SMARTS) is 1. The Bertz CT molecular complexity index is 1530. The Balaban J connectivity index is 1.30. The molecule has 0 bridgehead atoms. The molecule has 5 rings (SSSR count). The molecule has 8 nitrogen and oxygen atoms in total. The zero-order valence-corrected chi connectivity index (χ0v) is 23.8. The number of sulfone groups is 1. The molecule has 2 unspecified atom stereocenters. The van der Waals surface area contributed by atoms with E-state index < -0.39 is 15.8 Å². The molecule has 0 saturated heterocycles. The first kappa shape index (κ1) is 28.0. The second kappa shape index (κ2) is 11.5. The van der Waals surface area contributed by atoms with Crippen molar-refractivity contribution in [3.63, 3.8) is 0 Å². The van der Waals surface area contributed by atoms with E-state index in [-0.39, 0.29) is 24.1 Å². The third-order valence-electron chi connectivity index (χ3n) is 7.53. The molecule has 0 aliphatic carbocycles. The van der Waals surface area contributed by atoms with Crippen molar-refractivity contribution in [3.8, 4) is 28.4 Å². The Labute approximate surface area is 235 Å². The van der Waals surface area contributed by atoms with Gasteiger partial charge in [0, 0.05) is 29.4 Å². The summed E-state index contributed by atoms with van der Waals surface area (Å²) in [5.41, 5.74) is 7.58. The second-order valence-corrected chi connectivity index (χ2v) is 13.0. The van der Waals surface area contributed by atoms with E-state index in [0.29, 0.717) is 44.3 Å². The minimum Gasteiger partial charge on any atom is -0.492 e. The SMILES string of the molecule is Cc1cc2c(c(C)c1-c1cccc(COc3ccc4c(c3)OCC4CC(=O)O)c1)C(NCCCS(C)(=O)=O)CO2. The van der Waals surface area contributed by atoms with Gasteiger partial charge in [0.1, 0.15) is 40.3 Å². The summed E-state index contributed by atoms with van der Waals surface area (Å²) in [7, 11) is -2.98. The molecule has 0 fully saturated rings. The maximum Gasteiger partial charge on any atom is 0.304 e. The van der Waals surface area contributed by atoms with Crippen LogP contribution in [0, 0.1) is 13.8 Å². The maximum absolute atomic E-state index is 11.5. The molecule has 0 radical (unpaired) electrons. The van der Waals surface area contributed by atoms with Gasteiger partial charge in [-0.3, -0.25) is 4.79 Å². The summed E-state index contributed by atoms with van der Waals surface area (Å²) in [5.74, 6) is 1.43. The highest BCUT2D eigenvalue weighted by molar-refractivity contribution is 7.90. The fourth-order valence-corrected chi connectivity index (χ4v) is 6.37. The molecular formula is C31H35NO7S. The third-order valence-corrected chi connectivity index (χ3v) is 8.56. The molecule has 0 spiro atoms. The molecule has 3 aromatic carbocycles. The first-order valence-electron chi connectivity index (χ1n) is 13.5. The number of fused-ring (bicyclic) bond motifs is 2. The van der Waals surface area contributed by atoms with E-state index in [2.05, 4.69) is 37.4 Å². The van der Waals surface area contributed by atoms with Crippen LogP contribution in [-0.4, -0.2) is 51.3 Å². The van der Waals surface area contributed by atoms with E-state index in [4.69, 9.17) is 19.3 Å². The van der Waals surface area contributed by atoms with Crippen LogP contribution in [0.4, 0.5) is 0 Å². The number of benzene rings is 3. The van der Waals surface area contributed by atoms with Gasteiger partial charge in [0.15, 0.2) is 0 Å². The molecule has 0 amide bonds. The van der Waals surface area contributed by atoms with E-state index in [1.165, 1.54) is 6.26 Å². The summed E-state index contributed by atoms with van der Waals surface area (Å²) >= 11 is 0. The minimum absolute atomic E-state index is 0.0116. The lowest BCUT2D eigenvalue weighted by Crippen LogP contribution is -2.25. The van der Waals surface area contributed by atoms with Crippen molar-refractivity contribution < 1.29 is 32.5 Å². The van der Waals surface area contributed by atoms with E-state index in [1.54, 1.807) is 0 Å². The number of hydrogen-bond acceptors (Lipinski definition) is 7. The van der Waals surface area contributed by atoms with Crippen LogP contribution in [0.3, 0.4) is 0 Å². The van der Waals surface area contributed by atoms with Gasteiger partial charge in [-0.25, -0.2) is 8.42 Å². The number of carbonyl (C=O) groups is 1. The lowest BCUT2D eigenvalue weighted by Gasteiger charge is -2.18. The van der Waals surface area contributed by atoms with Crippen molar-refractivity contribution >= 4 is 15.8 Å². The summed E-state index contributed by atoms with van der Waals surface area (Å²) in [4.78, 5) is 11.1. The number of aryl methyl sites for hydroxylation is 1. The molecular weight excluding hydrogens is 530 g/mol. The third kappa shape index (κ3) is 6.26. The van der Waals surface area contributed by atoms with Crippen LogP contribution in [0.5, 0.6) is 17.2 Å². The highest BCUT2D eigenvalue weighted by atomic mass is 32.2. The molecule has 2 heterocycles. The fraction of sp³-hybridized carbons (Fsp3) is 0.387. The van der Waals surface area contributed by atoms with E-state index in [9.17, 15) is 13.2 Å². The van der Waals surface area contributed by atoms with E-state index in [1.807, 2.05) is 30.3 Å². The Morgan fingerprint density at radius 1 is 1.07 bits per heavy atom. The molecule has 0 aromatic heterocycles. The number of carboxylic acids is 1. The van der Waals surface area contributed by atoms with Gasteiger partial charge in [-0.05, 0) is 72.8 Å². The molecule has 9 heteroatoms. The van der Waals surface area contributed by atoms with Gasteiger partial charge in [-0.1, -0.05) is 24.3 Å². The average Bonchev–Trinajstić information content (AvgIpc) is 3.48. The number of hydrogen-bond donors (Lipinski definition) is 2. The highest BCUT2D eigenvalue weighted by Gasteiger charge is 2.29. The predicted octanol–water partition coefficient (Wildman–Crippen LogP) is 4.96. The van der Waals surface area contributed by atoms with Gasteiger partial charge < -0.3 is 24.6 Å². The van der Waals surface area contributed by atoms with Crippen molar-refractivity contribution in [1.29, 1.82) is 0 Å². The van der Waals surface area contributed by atoms with Crippen molar-refractivity contribution in [2.75, 3.05) is 31.8 Å². The molecule has 0 saturated carbocycles. The molecule has 2 aliphatic heterocycles. The summed E-state index contributed by atoms with van der Waals surface area (Å²) in [6.07, 6.45) is 1.87. The second-order valence-electron chi connectivity index (χ2n) is 10.7. The zero-order chi connectivity index (χ0) is 28.4. The van der Waals surface area contributed by atoms with Crippen LogP contribution in [0.1, 0.15) is 52.6 Å². The summed E-state index contributed by atoms with van der Waals surface area (Å²) < 4.78 is 40.7. The van der Waals surface area contributed by atoms with Gasteiger partial charge in [0.25, 0.3) is 0 Å². The molecule has 212 valence electrons. The normalized spacial score (nSPS) is 17.6. The summed E-state index contributed by atoms with van der Waals surface area (Å²) in [6.45, 7) is 6.07. The van der Waals surface area contributed by atoms with Crippen molar-refractivity contribution in [2.24, 2.45) is 0 Å². The smallest absolute Gasteiger partial charge is 0.304 e. The first-order chi connectivity index (χ1) is 19.1.